The van der Waals surface area contributed by atoms with E-state index in [1.54, 1.807) is 0 Å². The highest BCUT2D eigenvalue weighted by Crippen LogP contribution is 2.03. The molecule has 1 atom stereocenters. The molecule has 0 saturated carbocycles. The summed E-state index contributed by atoms with van der Waals surface area (Å²) in [6, 6.07) is 7.18. The molecule has 0 heterocycles. The second kappa shape index (κ2) is 5.76. The molecule has 1 N–H and O–H groups in total. The molecule has 1 aromatic carbocycles. The van der Waals surface area contributed by atoms with Crippen LogP contribution in [0.5, 0.6) is 0 Å². The molecule has 0 aliphatic rings. The minimum atomic E-state index is -0.171. The number of benzene rings is 1. The molecule has 2 heteroatoms. The second-order valence-electron chi connectivity index (χ2n) is 3.70. The topological polar surface area (TPSA) is 12.0 Å². The Bertz CT molecular complexity index is 256. The van der Waals surface area contributed by atoms with Crippen LogP contribution in [0, 0.1) is 5.82 Å². The van der Waals surface area contributed by atoms with Gasteiger partial charge in [0.2, 0.25) is 0 Å². The molecular formula is C12H18FN. The van der Waals surface area contributed by atoms with Crippen molar-refractivity contribution < 1.29 is 4.39 Å². The number of hydrogen-bond donors (Lipinski definition) is 1. The normalized spacial score (nSPS) is 12.8. The van der Waals surface area contributed by atoms with E-state index in [0.29, 0.717) is 6.04 Å². The molecule has 78 valence electrons. The Morgan fingerprint density at radius 3 is 2.50 bits per heavy atom. The molecule has 0 aliphatic carbocycles. The largest absolute Gasteiger partial charge is 0.310 e. The quantitative estimate of drug-likeness (QED) is 0.761. The summed E-state index contributed by atoms with van der Waals surface area (Å²) >= 11 is 0. The first kappa shape index (κ1) is 11.2. The standard InChI is InChI=1S/C12H18FN/c1-3-4-10(2)14-9-11-5-7-12(13)8-6-11/h5-8,10,14H,3-4,9H2,1-2H3. The van der Waals surface area contributed by atoms with Gasteiger partial charge < -0.3 is 5.32 Å². The summed E-state index contributed by atoms with van der Waals surface area (Å²) in [6.45, 7) is 5.17. The highest BCUT2D eigenvalue weighted by atomic mass is 19.1. The lowest BCUT2D eigenvalue weighted by molar-refractivity contribution is 0.508. The van der Waals surface area contributed by atoms with Gasteiger partial charge in [0.05, 0.1) is 0 Å². The Labute approximate surface area is 85.3 Å². The molecule has 0 bridgehead atoms. The van der Waals surface area contributed by atoms with Crippen LogP contribution in [0.15, 0.2) is 24.3 Å². The summed E-state index contributed by atoms with van der Waals surface area (Å²) in [6.07, 6.45) is 2.37. The average Bonchev–Trinajstić information content (AvgIpc) is 2.17. The van der Waals surface area contributed by atoms with Gasteiger partial charge in [0.1, 0.15) is 5.82 Å². The summed E-state index contributed by atoms with van der Waals surface area (Å²) in [5, 5.41) is 3.40. The van der Waals surface area contributed by atoms with Gasteiger partial charge in [-0.1, -0.05) is 25.5 Å². The van der Waals surface area contributed by atoms with E-state index >= 15 is 0 Å². The van der Waals surface area contributed by atoms with E-state index < -0.39 is 0 Å². The number of nitrogens with one attached hydrogen (secondary N) is 1. The van der Waals surface area contributed by atoms with Crippen molar-refractivity contribution >= 4 is 0 Å². The Hall–Kier alpha value is -0.890. The van der Waals surface area contributed by atoms with Crippen molar-refractivity contribution in [1.29, 1.82) is 0 Å². The third-order valence-corrected chi connectivity index (χ3v) is 2.29. The van der Waals surface area contributed by atoms with Crippen LogP contribution >= 0.6 is 0 Å². The van der Waals surface area contributed by atoms with Crippen LogP contribution in [-0.4, -0.2) is 6.04 Å². The zero-order chi connectivity index (χ0) is 10.4. The van der Waals surface area contributed by atoms with E-state index in [0.717, 1.165) is 12.1 Å². The lowest BCUT2D eigenvalue weighted by atomic mass is 10.1. The molecule has 0 saturated heterocycles. The minimum absolute atomic E-state index is 0.171. The molecule has 0 amide bonds. The average molecular weight is 195 g/mol. The smallest absolute Gasteiger partial charge is 0.123 e. The first-order chi connectivity index (χ1) is 6.72. The molecular weight excluding hydrogens is 177 g/mol. The minimum Gasteiger partial charge on any atom is -0.310 e. The van der Waals surface area contributed by atoms with Crippen molar-refractivity contribution in [2.75, 3.05) is 0 Å². The van der Waals surface area contributed by atoms with Gasteiger partial charge in [-0.25, -0.2) is 4.39 Å². The Morgan fingerprint density at radius 2 is 1.93 bits per heavy atom. The maximum absolute atomic E-state index is 12.6. The zero-order valence-electron chi connectivity index (χ0n) is 8.89. The van der Waals surface area contributed by atoms with Gasteiger partial charge in [0.15, 0.2) is 0 Å². The van der Waals surface area contributed by atoms with Crippen molar-refractivity contribution in [3.8, 4) is 0 Å². The molecule has 14 heavy (non-hydrogen) atoms. The van der Waals surface area contributed by atoms with Crippen molar-refractivity contribution in [3.05, 3.63) is 35.6 Å². The SMILES string of the molecule is CCCC(C)NCc1ccc(F)cc1. The van der Waals surface area contributed by atoms with Crippen molar-refractivity contribution in [1.82, 2.24) is 5.32 Å². The highest BCUT2D eigenvalue weighted by Gasteiger charge is 1.99. The van der Waals surface area contributed by atoms with Crippen molar-refractivity contribution in [3.63, 3.8) is 0 Å². The van der Waals surface area contributed by atoms with Gasteiger partial charge in [-0.15, -0.1) is 0 Å². The summed E-state index contributed by atoms with van der Waals surface area (Å²) in [4.78, 5) is 0. The molecule has 1 aromatic rings. The van der Waals surface area contributed by atoms with Crippen LogP contribution in [0.2, 0.25) is 0 Å². The first-order valence-corrected chi connectivity index (χ1v) is 5.20. The lowest BCUT2D eigenvalue weighted by Gasteiger charge is -2.12. The van der Waals surface area contributed by atoms with Crippen LogP contribution in [0.3, 0.4) is 0 Å². The van der Waals surface area contributed by atoms with Gasteiger partial charge >= 0.3 is 0 Å². The first-order valence-electron chi connectivity index (χ1n) is 5.20. The van der Waals surface area contributed by atoms with E-state index in [2.05, 4.69) is 19.2 Å². The molecule has 1 unspecified atom stereocenters. The predicted molar refractivity (Wildman–Crippen MR) is 57.6 cm³/mol. The van der Waals surface area contributed by atoms with Gasteiger partial charge in [0.25, 0.3) is 0 Å². The van der Waals surface area contributed by atoms with Crippen molar-refractivity contribution in [2.45, 2.75) is 39.3 Å². The third kappa shape index (κ3) is 3.88. The van der Waals surface area contributed by atoms with Crippen molar-refractivity contribution in [2.24, 2.45) is 0 Å². The Morgan fingerprint density at radius 1 is 1.29 bits per heavy atom. The number of halogens is 1. The van der Waals surface area contributed by atoms with Crippen LogP contribution < -0.4 is 5.32 Å². The molecule has 0 aliphatic heterocycles. The Balaban J connectivity index is 2.34. The van der Waals surface area contributed by atoms with Gasteiger partial charge in [0, 0.05) is 12.6 Å². The molecule has 0 aromatic heterocycles. The zero-order valence-corrected chi connectivity index (χ0v) is 8.89. The number of hydrogen-bond acceptors (Lipinski definition) is 1. The van der Waals surface area contributed by atoms with Crippen LogP contribution in [-0.2, 0) is 6.54 Å². The van der Waals surface area contributed by atoms with E-state index in [9.17, 15) is 4.39 Å². The monoisotopic (exact) mass is 195 g/mol. The summed E-state index contributed by atoms with van der Waals surface area (Å²) in [7, 11) is 0. The molecule has 0 spiro atoms. The third-order valence-electron chi connectivity index (χ3n) is 2.29. The maximum atomic E-state index is 12.6. The van der Waals surface area contributed by atoms with Gasteiger partial charge in [-0.2, -0.15) is 0 Å². The van der Waals surface area contributed by atoms with Crippen LogP contribution in [0.1, 0.15) is 32.3 Å². The van der Waals surface area contributed by atoms with E-state index in [4.69, 9.17) is 0 Å². The second-order valence-corrected chi connectivity index (χ2v) is 3.70. The fourth-order valence-electron chi connectivity index (χ4n) is 1.43. The molecule has 1 nitrogen and oxygen atoms in total. The number of rotatable bonds is 5. The van der Waals surface area contributed by atoms with Gasteiger partial charge in [-0.3, -0.25) is 0 Å². The van der Waals surface area contributed by atoms with Crippen LogP contribution in [0.25, 0.3) is 0 Å². The maximum Gasteiger partial charge on any atom is 0.123 e. The molecule has 0 radical (unpaired) electrons. The molecule has 0 fully saturated rings. The van der Waals surface area contributed by atoms with E-state index in [-0.39, 0.29) is 5.82 Å². The highest BCUT2D eigenvalue weighted by molar-refractivity contribution is 5.15. The fraction of sp³-hybridized carbons (Fsp3) is 0.500. The summed E-state index contributed by atoms with van der Waals surface area (Å²) in [5.41, 5.74) is 1.13. The summed E-state index contributed by atoms with van der Waals surface area (Å²) in [5.74, 6) is -0.171. The Kier molecular flexibility index (Phi) is 4.60. The molecule has 1 rings (SSSR count). The van der Waals surface area contributed by atoms with E-state index in [1.165, 1.54) is 25.0 Å². The lowest BCUT2D eigenvalue weighted by Crippen LogP contribution is -2.24. The van der Waals surface area contributed by atoms with Crippen LogP contribution in [0.4, 0.5) is 4.39 Å². The fourth-order valence-corrected chi connectivity index (χ4v) is 1.43. The van der Waals surface area contributed by atoms with Gasteiger partial charge in [-0.05, 0) is 31.0 Å². The predicted octanol–water partition coefficient (Wildman–Crippen LogP) is 3.10. The van der Waals surface area contributed by atoms with E-state index in [1.807, 2.05) is 12.1 Å². The summed E-state index contributed by atoms with van der Waals surface area (Å²) < 4.78 is 12.6.